The molecule has 1 heterocycles. The molecule has 0 aromatic carbocycles. The average molecular weight is 354 g/mol. The van der Waals surface area contributed by atoms with E-state index in [0.29, 0.717) is 30.3 Å². The number of hydrogen-bond donors (Lipinski definition) is 5. The first-order valence-electron chi connectivity index (χ1n) is 8.15. The molecule has 1 atom stereocenters. The van der Waals surface area contributed by atoms with Crippen LogP contribution in [-0.4, -0.2) is 30.9 Å². The third-order valence-electron chi connectivity index (χ3n) is 3.29. The van der Waals surface area contributed by atoms with Crippen molar-refractivity contribution in [2.45, 2.75) is 33.1 Å². The molecule has 0 saturated carbocycles. The van der Waals surface area contributed by atoms with Crippen molar-refractivity contribution in [1.82, 2.24) is 21.0 Å². The van der Waals surface area contributed by atoms with Gasteiger partial charge in [-0.05, 0) is 25.2 Å². The predicted octanol–water partition coefficient (Wildman–Crippen LogP) is 0.316. The van der Waals surface area contributed by atoms with Gasteiger partial charge in [0.15, 0.2) is 12.2 Å². The van der Waals surface area contributed by atoms with E-state index in [1.54, 1.807) is 7.05 Å². The summed E-state index contributed by atoms with van der Waals surface area (Å²) in [6.07, 6.45) is 7.50. The minimum Gasteiger partial charge on any atom is -0.442 e. The summed E-state index contributed by atoms with van der Waals surface area (Å²) in [5.41, 5.74) is 8.13. The lowest BCUT2D eigenvalue weighted by atomic mass is 9.92. The van der Waals surface area contributed by atoms with Crippen LogP contribution in [-0.2, 0) is 9.59 Å². The Bertz CT molecular complexity index is 502. The minimum atomic E-state index is 0.0726. The quantitative estimate of drug-likeness (QED) is 0.176. The number of rotatable bonds is 10. The van der Waals surface area contributed by atoms with E-state index in [0.717, 1.165) is 19.3 Å². The van der Waals surface area contributed by atoms with E-state index < -0.39 is 0 Å². The van der Waals surface area contributed by atoms with Crippen LogP contribution in [0, 0.1) is 11.8 Å². The fraction of sp³-hybridized carbons (Fsp3) is 0.562. The van der Waals surface area contributed by atoms with Gasteiger partial charge in [0.05, 0.1) is 11.9 Å². The van der Waals surface area contributed by atoms with Crippen molar-refractivity contribution in [3.05, 3.63) is 24.6 Å². The van der Waals surface area contributed by atoms with Crippen molar-refractivity contribution in [2.24, 2.45) is 23.4 Å². The summed E-state index contributed by atoms with van der Waals surface area (Å²) < 4.78 is 4.85. The van der Waals surface area contributed by atoms with E-state index in [-0.39, 0.29) is 11.8 Å². The van der Waals surface area contributed by atoms with E-state index in [1.807, 2.05) is 0 Å². The fourth-order valence-corrected chi connectivity index (χ4v) is 2.16. The molecule has 142 valence electrons. The van der Waals surface area contributed by atoms with Crippen molar-refractivity contribution in [3.8, 4) is 0 Å². The van der Waals surface area contributed by atoms with Gasteiger partial charge in [-0.15, -0.1) is 0 Å². The SMILES string of the molecule is CNC(=O)C(CCCNC=O)CC(C)C.NN/C=C(\N)c1cnco1. The summed E-state index contributed by atoms with van der Waals surface area (Å²) in [6.45, 7) is 4.87. The Balaban J connectivity index is 0.000000496. The van der Waals surface area contributed by atoms with Crippen LogP contribution in [0.3, 0.4) is 0 Å². The second-order valence-electron chi connectivity index (χ2n) is 5.79. The number of nitrogens with one attached hydrogen (secondary N) is 3. The number of hydrazine groups is 1. The molecular weight excluding hydrogens is 324 g/mol. The number of nitrogens with two attached hydrogens (primary N) is 2. The minimum absolute atomic E-state index is 0.0726. The van der Waals surface area contributed by atoms with Crippen LogP contribution in [0.15, 0.2) is 23.2 Å². The molecule has 2 amide bonds. The van der Waals surface area contributed by atoms with E-state index >= 15 is 0 Å². The zero-order valence-corrected chi connectivity index (χ0v) is 15.1. The van der Waals surface area contributed by atoms with Crippen LogP contribution in [0.4, 0.5) is 0 Å². The fourth-order valence-electron chi connectivity index (χ4n) is 2.16. The highest BCUT2D eigenvalue weighted by molar-refractivity contribution is 5.78. The first-order valence-corrected chi connectivity index (χ1v) is 8.15. The number of amides is 2. The smallest absolute Gasteiger partial charge is 0.222 e. The molecular formula is C16H30N6O3. The molecule has 0 aliphatic rings. The van der Waals surface area contributed by atoms with Gasteiger partial charge in [-0.2, -0.15) is 0 Å². The van der Waals surface area contributed by atoms with Crippen molar-refractivity contribution in [2.75, 3.05) is 13.6 Å². The van der Waals surface area contributed by atoms with E-state index in [4.69, 9.17) is 16.0 Å². The maximum Gasteiger partial charge on any atom is 0.222 e. The molecule has 0 aliphatic heterocycles. The second kappa shape index (κ2) is 13.8. The second-order valence-corrected chi connectivity index (χ2v) is 5.79. The summed E-state index contributed by atoms with van der Waals surface area (Å²) in [5.74, 6) is 6.16. The van der Waals surface area contributed by atoms with Gasteiger partial charge in [-0.1, -0.05) is 13.8 Å². The van der Waals surface area contributed by atoms with Gasteiger partial charge in [0.2, 0.25) is 12.3 Å². The maximum absolute atomic E-state index is 11.5. The Kier molecular flexibility index (Phi) is 12.4. The van der Waals surface area contributed by atoms with E-state index in [1.165, 1.54) is 18.8 Å². The molecule has 1 unspecified atom stereocenters. The summed E-state index contributed by atoms with van der Waals surface area (Å²) in [5, 5.41) is 5.28. The molecule has 7 N–H and O–H groups in total. The Morgan fingerprint density at radius 1 is 1.44 bits per heavy atom. The first-order chi connectivity index (χ1) is 12.0. The van der Waals surface area contributed by atoms with Crippen LogP contribution in [0.25, 0.3) is 5.70 Å². The lowest BCUT2D eigenvalue weighted by Gasteiger charge is -2.17. The Hall–Kier alpha value is -2.55. The number of carbonyl (C=O) groups is 2. The number of nitrogens with zero attached hydrogens (tertiary/aromatic N) is 1. The number of carbonyl (C=O) groups excluding carboxylic acids is 2. The Morgan fingerprint density at radius 3 is 2.64 bits per heavy atom. The largest absolute Gasteiger partial charge is 0.442 e. The number of aromatic nitrogens is 1. The van der Waals surface area contributed by atoms with Gasteiger partial charge in [-0.3, -0.25) is 15.4 Å². The van der Waals surface area contributed by atoms with Crippen molar-refractivity contribution >= 4 is 18.0 Å². The van der Waals surface area contributed by atoms with Gasteiger partial charge in [0.25, 0.3) is 0 Å². The lowest BCUT2D eigenvalue weighted by molar-refractivity contribution is -0.125. The summed E-state index contributed by atoms with van der Waals surface area (Å²) >= 11 is 0. The molecule has 1 rings (SSSR count). The van der Waals surface area contributed by atoms with E-state index in [9.17, 15) is 9.59 Å². The molecule has 1 aromatic rings. The Morgan fingerprint density at radius 2 is 2.16 bits per heavy atom. The molecule has 1 aromatic heterocycles. The highest BCUT2D eigenvalue weighted by atomic mass is 16.3. The average Bonchev–Trinajstić information content (AvgIpc) is 3.12. The van der Waals surface area contributed by atoms with Crippen LogP contribution in [0.5, 0.6) is 0 Å². The van der Waals surface area contributed by atoms with Crippen LogP contribution in [0.2, 0.25) is 0 Å². The maximum atomic E-state index is 11.5. The zero-order valence-electron chi connectivity index (χ0n) is 15.1. The zero-order chi connectivity index (χ0) is 19.1. The van der Waals surface area contributed by atoms with Gasteiger partial charge >= 0.3 is 0 Å². The van der Waals surface area contributed by atoms with Crippen molar-refractivity contribution in [1.29, 1.82) is 0 Å². The van der Waals surface area contributed by atoms with Crippen molar-refractivity contribution in [3.63, 3.8) is 0 Å². The van der Waals surface area contributed by atoms with Crippen molar-refractivity contribution < 1.29 is 14.0 Å². The number of oxazole rings is 1. The first kappa shape index (κ1) is 22.4. The highest BCUT2D eigenvalue weighted by Gasteiger charge is 2.17. The highest BCUT2D eigenvalue weighted by Crippen LogP contribution is 2.17. The molecule has 0 radical (unpaired) electrons. The van der Waals surface area contributed by atoms with Crippen LogP contribution in [0.1, 0.15) is 38.9 Å². The van der Waals surface area contributed by atoms with Crippen LogP contribution < -0.4 is 27.6 Å². The summed E-state index contributed by atoms with van der Waals surface area (Å²) in [7, 11) is 1.67. The van der Waals surface area contributed by atoms with Gasteiger partial charge < -0.3 is 26.2 Å². The summed E-state index contributed by atoms with van der Waals surface area (Å²) in [6, 6.07) is 0. The van der Waals surface area contributed by atoms with E-state index in [2.05, 4.69) is 34.9 Å². The molecule has 25 heavy (non-hydrogen) atoms. The molecule has 0 spiro atoms. The normalized spacial score (nSPS) is 12.0. The van der Waals surface area contributed by atoms with Gasteiger partial charge in [0, 0.05) is 25.7 Å². The molecule has 0 bridgehead atoms. The molecule has 0 saturated heterocycles. The molecule has 9 heteroatoms. The third-order valence-corrected chi connectivity index (χ3v) is 3.29. The predicted molar refractivity (Wildman–Crippen MR) is 96.3 cm³/mol. The molecule has 0 aliphatic carbocycles. The lowest BCUT2D eigenvalue weighted by Crippen LogP contribution is -2.29. The standard InChI is InChI=1S/C11H22N2O2.C5H8N4O/c1-9(2)7-10(11(15)12-3)5-4-6-13-8-14;6-4(1-9-7)5-2-8-3-10-5/h8-10H,4-7H2,1-3H3,(H,12,15)(H,13,14);1-3,9H,6-7H2/b;4-1-. The topological polar surface area (TPSA) is 148 Å². The van der Waals surface area contributed by atoms with Gasteiger partial charge in [-0.25, -0.2) is 4.98 Å². The monoisotopic (exact) mass is 354 g/mol. The molecule has 0 fully saturated rings. The Labute approximate surface area is 148 Å². The van der Waals surface area contributed by atoms with Gasteiger partial charge in [0.1, 0.15) is 0 Å². The third kappa shape index (κ3) is 10.8. The summed E-state index contributed by atoms with van der Waals surface area (Å²) in [4.78, 5) is 25.2. The molecule has 9 nitrogen and oxygen atoms in total. The van der Waals surface area contributed by atoms with Crippen LogP contribution >= 0.6 is 0 Å². The number of hydrogen-bond acceptors (Lipinski definition) is 7.